The molecule has 0 unspecified atom stereocenters. The molecule has 0 aliphatic carbocycles. The van der Waals surface area contributed by atoms with Gasteiger partial charge in [0.1, 0.15) is 12.4 Å². The Kier molecular flexibility index (Phi) is 5.33. The molecule has 2 rings (SSSR count). The SMILES string of the molecule is Nc1cccc(OCCNCc2ccc(C(F)(F)F)cc2)c1N. The van der Waals surface area contributed by atoms with E-state index in [0.717, 1.165) is 17.7 Å². The Balaban J connectivity index is 1.74. The van der Waals surface area contributed by atoms with Gasteiger partial charge in [0.15, 0.2) is 0 Å². The summed E-state index contributed by atoms with van der Waals surface area (Å²) in [4.78, 5) is 0. The van der Waals surface area contributed by atoms with Crippen LogP contribution < -0.4 is 21.5 Å². The summed E-state index contributed by atoms with van der Waals surface area (Å²) in [5, 5.41) is 3.09. The zero-order valence-electron chi connectivity index (χ0n) is 12.4. The number of rotatable bonds is 6. The fraction of sp³-hybridized carbons (Fsp3) is 0.250. The molecule has 4 nitrogen and oxygen atoms in total. The van der Waals surface area contributed by atoms with E-state index < -0.39 is 11.7 Å². The third kappa shape index (κ3) is 4.79. The number of para-hydroxylation sites is 1. The molecule has 0 aromatic heterocycles. The van der Waals surface area contributed by atoms with Gasteiger partial charge in [-0.1, -0.05) is 18.2 Å². The lowest BCUT2D eigenvalue weighted by Gasteiger charge is -2.11. The maximum atomic E-state index is 12.4. The number of nitrogens with one attached hydrogen (secondary N) is 1. The first-order valence-corrected chi connectivity index (χ1v) is 7.01. The van der Waals surface area contributed by atoms with E-state index in [4.69, 9.17) is 16.2 Å². The lowest BCUT2D eigenvalue weighted by molar-refractivity contribution is -0.137. The van der Waals surface area contributed by atoms with Crippen molar-refractivity contribution in [3.8, 4) is 5.75 Å². The summed E-state index contributed by atoms with van der Waals surface area (Å²) in [6, 6.07) is 10.2. The number of hydrogen-bond donors (Lipinski definition) is 3. The van der Waals surface area contributed by atoms with Crippen LogP contribution in [0.5, 0.6) is 5.75 Å². The number of hydrogen-bond acceptors (Lipinski definition) is 4. The summed E-state index contributed by atoms with van der Waals surface area (Å²) in [6.45, 7) is 1.34. The molecule has 124 valence electrons. The summed E-state index contributed by atoms with van der Waals surface area (Å²) < 4.78 is 42.8. The van der Waals surface area contributed by atoms with E-state index in [-0.39, 0.29) is 0 Å². The van der Waals surface area contributed by atoms with Crippen molar-refractivity contribution in [2.24, 2.45) is 0 Å². The smallest absolute Gasteiger partial charge is 0.416 e. The van der Waals surface area contributed by atoms with Gasteiger partial charge in [0.25, 0.3) is 0 Å². The Morgan fingerprint density at radius 3 is 2.35 bits per heavy atom. The summed E-state index contributed by atoms with van der Waals surface area (Å²) in [7, 11) is 0. The Morgan fingerprint density at radius 1 is 1.00 bits per heavy atom. The van der Waals surface area contributed by atoms with Crippen LogP contribution in [-0.4, -0.2) is 13.2 Å². The second kappa shape index (κ2) is 7.23. The molecule has 0 heterocycles. The number of anilines is 2. The van der Waals surface area contributed by atoms with Crippen molar-refractivity contribution in [3.05, 3.63) is 53.6 Å². The van der Waals surface area contributed by atoms with Crippen LogP contribution in [0.4, 0.5) is 24.5 Å². The molecule has 0 aliphatic heterocycles. The van der Waals surface area contributed by atoms with Crippen molar-refractivity contribution in [1.82, 2.24) is 5.32 Å². The van der Waals surface area contributed by atoms with Crippen molar-refractivity contribution in [2.45, 2.75) is 12.7 Å². The molecule has 0 aliphatic rings. The highest BCUT2D eigenvalue weighted by atomic mass is 19.4. The average Bonchev–Trinajstić information content (AvgIpc) is 2.50. The summed E-state index contributed by atoms with van der Waals surface area (Å²) in [5.41, 5.74) is 12.4. The van der Waals surface area contributed by atoms with Crippen LogP contribution in [0.2, 0.25) is 0 Å². The second-order valence-electron chi connectivity index (χ2n) is 4.98. The van der Waals surface area contributed by atoms with Crippen molar-refractivity contribution in [3.63, 3.8) is 0 Å². The molecule has 0 radical (unpaired) electrons. The Bertz CT molecular complexity index is 642. The minimum Gasteiger partial charge on any atom is -0.490 e. The van der Waals surface area contributed by atoms with E-state index >= 15 is 0 Å². The van der Waals surface area contributed by atoms with Gasteiger partial charge in [-0.05, 0) is 29.8 Å². The average molecular weight is 325 g/mol. The van der Waals surface area contributed by atoms with E-state index in [1.165, 1.54) is 12.1 Å². The Hall–Kier alpha value is -2.41. The normalized spacial score (nSPS) is 11.4. The lowest BCUT2D eigenvalue weighted by Crippen LogP contribution is -2.21. The maximum absolute atomic E-state index is 12.4. The van der Waals surface area contributed by atoms with E-state index in [1.807, 2.05) is 0 Å². The number of ether oxygens (including phenoxy) is 1. The predicted molar refractivity (Wildman–Crippen MR) is 83.9 cm³/mol. The largest absolute Gasteiger partial charge is 0.490 e. The summed E-state index contributed by atoms with van der Waals surface area (Å²) in [5.74, 6) is 0.515. The molecule has 2 aromatic rings. The first-order valence-electron chi connectivity index (χ1n) is 7.01. The monoisotopic (exact) mass is 325 g/mol. The molecule has 0 bridgehead atoms. The zero-order valence-corrected chi connectivity index (χ0v) is 12.4. The van der Waals surface area contributed by atoms with Crippen LogP contribution in [0.3, 0.4) is 0 Å². The molecule has 5 N–H and O–H groups in total. The topological polar surface area (TPSA) is 73.3 Å². The highest BCUT2D eigenvalue weighted by molar-refractivity contribution is 5.70. The fourth-order valence-corrected chi connectivity index (χ4v) is 1.96. The van der Waals surface area contributed by atoms with Crippen LogP contribution in [0.1, 0.15) is 11.1 Å². The maximum Gasteiger partial charge on any atom is 0.416 e. The molecular formula is C16H18F3N3O. The van der Waals surface area contributed by atoms with Gasteiger partial charge in [-0.15, -0.1) is 0 Å². The summed E-state index contributed by atoms with van der Waals surface area (Å²) in [6.07, 6.45) is -4.31. The van der Waals surface area contributed by atoms with Gasteiger partial charge in [-0.2, -0.15) is 13.2 Å². The highest BCUT2D eigenvalue weighted by Crippen LogP contribution is 2.29. The third-order valence-corrected chi connectivity index (χ3v) is 3.25. The first kappa shape index (κ1) is 17.0. The number of benzene rings is 2. The first-order chi connectivity index (χ1) is 10.9. The highest BCUT2D eigenvalue weighted by Gasteiger charge is 2.29. The van der Waals surface area contributed by atoms with Crippen molar-refractivity contribution in [1.29, 1.82) is 0 Å². The van der Waals surface area contributed by atoms with Crippen LogP contribution in [0.25, 0.3) is 0 Å². The molecular weight excluding hydrogens is 307 g/mol. The zero-order chi connectivity index (χ0) is 16.9. The van der Waals surface area contributed by atoms with Crippen molar-refractivity contribution < 1.29 is 17.9 Å². The van der Waals surface area contributed by atoms with Crippen LogP contribution in [-0.2, 0) is 12.7 Å². The van der Waals surface area contributed by atoms with Gasteiger partial charge in [0.05, 0.1) is 16.9 Å². The molecule has 0 atom stereocenters. The van der Waals surface area contributed by atoms with Gasteiger partial charge in [-0.25, -0.2) is 0 Å². The van der Waals surface area contributed by atoms with E-state index in [1.54, 1.807) is 18.2 Å². The van der Waals surface area contributed by atoms with Crippen LogP contribution in [0.15, 0.2) is 42.5 Å². The number of halogens is 3. The van der Waals surface area contributed by atoms with Gasteiger partial charge >= 0.3 is 6.18 Å². The molecule has 2 aromatic carbocycles. The fourth-order valence-electron chi connectivity index (χ4n) is 1.96. The molecule has 0 saturated carbocycles. The van der Waals surface area contributed by atoms with Crippen LogP contribution >= 0.6 is 0 Å². The predicted octanol–water partition coefficient (Wildman–Crippen LogP) is 3.04. The van der Waals surface area contributed by atoms with E-state index in [2.05, 4.69) is 5.32 Å². The minimum atomic E-state index is -4.31. The molecule has 0 fully saturated rings. The number of nitrogens with two attached hydrogens (primary N) is 2. The minimum absolute atomic E-state index is 0.369. The molecule has 23 heavy (non-hydrogen) atoms. The Morgan fingerprint density at radius 2 is 1.70 bits per heavy atom. The lowest BCUT2D eigenvalue weighted by atomic mass is 10.1. The van der Waals surface area contributed by atoms with E-state index in [9.17, 15) is 13.2 Å². The summed E-state index contributed by atoms with van der Waals surface area (Å²) >= 11 is 0. The van der Waals surface area contributed by atoms with Gasteiger partial charge in [0.2, 0.25) is 0 Å². The quantitative estimate of drug-likeness (QED) is 0.564. The van der Waals surface area contributed by atoms with Gasteiger partial charge < -0.3 is 21.5 Å². The van der Waals surface area contributed by atoms with Crippen molar-refractivity contribution >= 4 is 11.4 Å². The number of alkyl halides is 3. The number of nitrogen functional groups attached to an aromatic ring is 2. The molecule has 0 spiro atoms. The Labute approximate surface area is 132 Å². The second-order valence-corrected chi connectivity index (χ2v) is 4.98. The van der Waals surface area contributed by atoms with Crippen molar-refractivity contribution in [2.75, 3.05) is 24.6 Å². The standard InChI is InChI=1S/C16H18F3N3O/c17-16(18,19)12-6-4-11(5-7-12)10-22-8-9-23-14-3-1-2-13(20)15(14)21/h1-7,22H,8-10,20-21H2. The van der Waals surface area contributed by atoms with Gasteiger partial charge in [0, 0.05) is 13.1 Å². The van der Waals surface area contributed by atoms with Crippen LogP contribution in [0, 0.1) is 0 Å². The third-order valence-electron chi connectivity index (χ3n) is 3.25. The van der Waals surface area contributed by atoms with E-state index in [0.29, 0.717) is 36.8 Å². The molecule has 0 saturated heterocycles. The molecule has 7 heteroatoms. The van der Waals surface area contributed by atoms with Gasteiger partial charge in [-0.3, -0.25) is 0 Å². The molecule has 0 amide bonds.